The monoisotopic (exact) mass is 234 g/mol. The fourth-order valence-corrected chi connectivity index (χ4v) is 2.27. The molecule has 17 heavy (non-hydrogen) atoms. The van der Waals surface area contributed by atoms with E-state index in [0.29, 0.717) is 12.0 Å². The average Bonchev–Trinajstić information content (AvgIpc) is 2.78. The SMILES string of the molecule is CNC1CCN(c2ncc(CC(C)C)cn2)C1. The van der Waals surface area contributed by atoms with Gasteiger partial charge in [-0.25, -0.2) is 9.97 Å². The number of anilines is 1. The van der Waals surface area contributed by atoms with E-state index in [1.165, 1.54) is 12.0 Å². The zero-order valence-electron chi connectivity index (χ0n) is 11.0. The molecule has 0 saturated carbocycles. The van der Waals surface area contributed by atoms with Gasteiger partial charge in [0.25, 0.3) is 0 Å². The third-order valence-corrected chi connectivity index (χ3v) is 3.21. The van der Waals surface area contributed by atoms with E-state index in [0.717, 1.165) is 25.5 Å². The molecule has 0 aliphatic carbocycles. The van der Waals surface area contributed by atoms with Crippen LogP contribution in [0.15, 0.2) is 12.4 Å². The Morgan fingerprint density at radius 3 is 2.65 bits per heavy atom. The highest BCUT2D eigenvalue weighted by atomic mass is 15.3. The molecule has 1 fully saturated rings. The summed E-state index contributed by atoms with van der Waals surface area (Å²) in [7, 11) is 2.01. The van der Waals surface area contributed by atoms with E-state index < -0.39 is 0 Å². The highest BCUT2D eigenvalue weighted by molar-refractivity contribution is 5.32. The van der Waals surface area contributed by atoms with Crippen molar-refractivity contribution in [1.29, 1.82) is 0 Å². The molecule has 0 radical (unpaired) electrons. The van der Waals surface area contributed by atoms with E-state index in [4.69, 9.17) is 0 Å². The quantitative estimate of drug-likeness (QED) is 0.856. The van der Waals surface area contributed by atoms with Gasteiger partial charge in [-0.15, -0.1) is 0 Å². The lowest BCUT2D eigenvalue weighted by Gasteiger charge is -2.16. The van der Waals surface area contributed by atoms with Crippen molar-refractivity contribution in [2.45, 2.75) is 32.7 Å². The van der Waals surface area contributed by atoms with Crippen LogP contribution in [0.4, 0.5) is 5.95 Å². The van der Waals surface area contributed by atoms with Crippen molar-refractivity contribution in [3.63, 3.8) is 0 Å². The Morgan fingerprint density at radius 1 is 1.41 bits per heavy atom. The van der Waals surface area contributed by atoms with Gasteiger partial charge in [-0.05, 0) is 31.4 Å². The van der Waals surface area contributed by atoms with Gasteiger partial charge in [0.2, 0.25) is 5.95 Å². The molecule has 0 amide bonds. The molecule has 4 nitrogen and oxygen atoms in total. The van der Waals surface area contributed by atoms with Crippen molar-refractivity contribution < 1.29 is 0 Å². The van der Waals surface area contributed by atoms with Crippen molar-refractivity contribution in [3.05, 3.63) is 18.0 Å². The summed E-state index contributed by atoms with van der Waals surface area (Å²) in [6.45, 7) is 6.49. The molecular weight excluding hydrogens is 212 g/mol. The maximum Gasteiger partial charge on any atom is 0.225 e. The zero-order chi connectivity index (χ0) is 12.3. The van der Waals surface area contributed by atoms with Crippen LogP contribution in [-0.2, 0) is 6.42 Å². The Balaban J connectivity index is 1.98. The summed E-state index contributed by atoms with van der Waals surface area (Å²) in [6.07, 6.45) is 6.16. The molecule has 1 atom stereocenters. The molecule has 1 aromatic heterocycles. The summed E-state index contributed by atoms with van der Waals surface area (Å²) in [6, 6.07) is 0.578. The number of hydrogen-bond acceptors (Lipinski definition) is 4. The van der Waals surface area contributed by atoms with Gasteiger partial charge >= 0.3 is 0 Å². The second-order valence-electron chi connectivity index (χ2n) is 5.21. The summed E-state index contributed by atoms with van der Waals surface area (Å²) < 4.78 is 0. The van der Waals surface area contributed by atoms with Gasteiger partial charge in [-0.1, -0.05) is 13.8 Å². The van der Waals surface area contributed by atoms with Crippen LogP contribution in [0.3, 0.4) is 0 Å². The van der Waals surface area contributed by atoms with Crippen LogP contribution in [0.2, 0.25) is 0 Å². The molecule has 1 unspecified atom stereocenters. The van der Waals surface area contributed by atoms with Crippen molar-refractivity contribution in [3.8, 4) is 0 Å². The maximum atomic E-state index is 4.47. The number of aromatic nitrogens is 2. The van der Waals surface area contributed by atoms with E-state index in [1.54, 1.807) is 0 Å². The molecule has 0 aromatic carbocycles. The second kappa shape index (κ2) is 5.45. The van der Waals surface area contributed by atoms with E-state index in [2.05, 4.69) is 34.0 Å². The summed E-state index contributed by atoms with van der Waals surface area (Å²) in [4.78, 5) is 11.2. The third-order valence-electron chi connectivity index (χ3n) is 3.21. The fourth-order valence-electron chi connectivity index (χ4n) is 2.27. The first-order chi connectivity index (χ1) is 8.19. The Morgan fingerprint density at radius 2 is 2.12 bits per heavy atom. The van der Waals surface area contributed by atoms with E-state index >= 15 is 0 Å². The number of nitrogens with zero attached hydrogens (tertiary/aromatic N) is 3. The molecular formula is C13H22N4. The maximum absolute atomic E-state index is 4.47. The van der Waals surface area contributed by atoms with E-state index in [-0.39, 0.29) is 0 Å². The minimum Gasteiger partial charge on any atom is -0.339 e. The molecule has 94 valence electrons. The number of likely N-dealkylation sites (N-methyl/N-ethyl adjacent to an activating group) is 1. The van der Waals surface area contributed by atoms with Crippen LogP contribution < -0.4 is 10.2 Å². The third kappa shape index (κ3) is 3.16. The minimum absolute atomic E-state index is 0.578. The average molecular weight is 234 g/mol. The molecule has 0 spiro atoms. The van der Waals surface area contributed by atoms with Crippen LogP contribution in [-0.4, -0.2) is 36.1 Å². The Kier molecular flexibility index (Phi) is 3.94. The molecule has 2 rings (SSSR count). The molecule has 2 heterocycles. The van der Waals surface area contributed by atoms with Crippen molar-refractivity contribution in [2.75, 3.05) is 25.0 Å². The van der Waals surface area contributed by atoms with Crippen LogP contribution in [0, 0.1) is 5.92 Å². The lowest BCUT2D eigenvalue weighted by atomic mass is 10.1. The summed E-state index contributed by atoms with van der Waals surface area (Å²) >= 11 is 0. The van der Waals surface area contributed by atoms with E-state index in [1.807, 2.05) is 19.4 Å². The number of rotatable bonds is 4. The summed E-state index contributed by atoms with van der Waals surface area (Å²) in [5, 5.41) is 3.30. The lowest BCUT2D eigenvalue weighted by molar-refractivity contribution is 0.616. The highest BCUT2D eigenvalue weighted by Crippen LogP contribution is 2.16. The van der Waals surface area contributed by atoms with Gasteiger partial charge < -0.3 is 10.2 Å². The van der Waals surface area contributed by atoms with Gasteiger partial charge in [0.15, 0.2) is 0 Å². The van der Waals surface area contributed by atoms with Gasteiger partial charge in [0.05, 0.1) is 0 Å². The van der Waals surface area contributed by atoms with E-state index in [9.17, 15) is 0 Å². The number of nitrogens with one attached hydrogen (secondary N) is 1. The van der Waals surface area contributed by atoms with Crippen LogP contribution >= 0.6 is 0 Å². The number of hydrogen-bond donors (Lipinski definition) is 1. The second-order valence-corrected chi connectivity index (χ2v) is 5.21. The minimum atomic E-state index is 0.578. The van der Waals surface area contributed by atoms with Crippen LogP contribution in [0.5, 0.6) is 0 Å². The standard InChI is InChI=1S/C13H22N4/c1-10(2)6-11-7-15-13(16-8-11)17-5-4-12(9-17)14-3/h7-8,10,12,14H,4-6,9H2,1-3H3. The van der Waals surface area contributed by atoms with Crippen molar-refractivity contribution >= 4 is 5.95 Å². The van der Waals surface area contributed by atoms with Gasteiger partial charge in [-0.2, -0.15) is 0 Å². The highest BCUT2D eigenvalue weighted by Gasteiger charge is 2.22. The Bertz CT molecular complexity index is 347. The zero-order valence-corrected chi connectivity index (χ0v) is 11.0. The molecule has 1 aliphatic rings. The van der Waals surface area contributed by atoms with Crippen LogP contribution in [0.25, 0.3) is 0 Å². The molecule has 1 aliphatic heterocycles. The van der Waals surface area contributed by atoms with Gasteiger partial charge in [-0.3, -0.25) is 0 Å². The normalized spacial score (nSPS) is 20.2. The Hall–Kier alpha value is -1.16. The predicted molar refractivity (Wildman–Crippen MR) is 70.3 cm³/mol. The molecule has 0 bridgehead atoms. The first-order valence-electron chi connectivity index (χ1n) is 6.42. The first kappa shape index (κ1) is 12.3. The topological polar surface area (TPSA) is 41.0 Å². The summed E-state index contributed by atoms with van der Waals surface area (Å²) in [5.41, 5.74) is 1.23. The van der Waals surface area contributed by atoms with Crippen LogP contribution in [0.1, 0.15) is 25.8 Å². The first-order valence-corrected chi connectivity index (χ1v) is 6.42. The van der Waals surface area contributed by atoms with Crippen molar-refractivity contribution in [1.82, 2.24) is 15.3 Å². The van der Waals surface area contributed by atoms with Gasteiger partial charge in [0, 0.05) is 31.5 Å². The smallest absolute Gasteiger partial charge is 0.225 e. The largest absolute Gasteiger partial charge is 0.339 e. The lowest BCUT2D eigenvalue weighted by Crippen LogP contribution is -2.30. The molecule has 1 N–H and O–H groups in total. The predicted octanol–water partition coefficient (Wildman–Crippen LogP) is 1.47. The Labute approximate surface area is 103 Å². The molecule has 1 saturated heterocycles. The fraction of sp³-hybridized carbons (Fsp3) is 0.692. The van der Waals surface area contributed by atoms with Crippen molar-refractivity contribution in [2.24, 2.45) is 5.92 Å². The summed E-state index contributed by atoms with van der Waals surface area (Å²) in [5.74, 6) is 1.53. The molecule has 1 aromatic rings. The molecule has 4 heteroatoms. The van der Waals surface area contributed by atoms with Gasteiger partial charge in [0.1, 0.15) is 0 Å².